The molecule has 0 radical (unpaired) electrons. The van der Waals surface area contributed by atoms with E-state index in [-0.39, 0.29) is 5.91 Å². The number of anilines is 1. The van der Waals surface area contributed by atoms with E-state index >= 15 is 0 Å². The van der Waals surface area contributed by atoms with E-state index in [0.717, 1.165) is 0 Å². The number of benzene rings is 2. The van der Waals surface area contributed by atoms with Crippen LogP contribution in [0.4, 0.5) is 5.69 Å². The summed E-state index contributed by atoms with van der Waals surface area (Å²) in [5.41, 5.74) is 1.16. The highest BCUT2D eigenvalue weighted by Gasteiger charge is 2.06. The maximum Gasteiger partial charge on any atom is 0.248 e. The summed E-state index contributed by atoms with van der Waals surface area (Å²) in [6.45, 7) is 0. The van der Waals surface area contributed by atoms with E-state index in [1.807, 2.05) is 0 Å². The number of ether oxygens (including phenoxy) is 1. The molecule has 0 aliphatic rings. The molecule has 2 aromatic rings. The number of hydrogen-bond donors (Lipinski definition) is 1. The fraction of sp³-hybridized carbons (Fsp3) is 0.0625. The molecule has 0 aromatic heterocycles. The van der Waals surface area contributed by atoms with Crippen LogP contribution in [-0.2, 0) is 4.79 Å². The van der Waals surface area contributed by atoms with Crippen molar-refractivity contribution < 1.29 is 9.53 Å². The highest BCUT2D eigenvalue weighted by atomic mass is 35.5. The molecule has 0 aliphatic heterocycles. The summed E-state index contributed by atoms with van der Waals surface area (Å²) in [4.78, 5) is 11.9. The second-order valence-electron chi connectivity index (χ2n) is 4.31. The molecule has 0 saturated heterocycles. The van der Waals surface area contributed by atoms with Crippen molar-refractivity contribution in [2.24, 2.45) is 0 Å². The Balaban J connectivity index is 2.12. The van der Waals surface area contributed by atoms with Gasteiger partial charge in [-0.3, -0.25) is 4.79 Å². The molecule has 0 bridgehead atoms. The van der Waals surface area contributed by atoms with Gasteiger partial charge in [0.25, 0.3) is 0 Å². The lowest BCUT2D eigenvalue weighted by atomic mass is 10.2. The first-order valence-electron chi connectivity index (χ1n) is 6.28. The molecule has 0 aliphatic carbocycles. The summed E-state index contributed by atoms with van der Waals surface area (Å²) in [7, 11) is 1.53. The smallest absolute Gasteiger partial charge is 0.248 e. The Kier molecular flexibility index (Phi) is 5.72. The quantitative estimate of drug-likeness (QED) is 0.754. The first-order valence-corrected chi connectivity index (χ1v) is 7.41. The van der Waals surface area contributed by atoms with Crippen LogP contribution < -0.4 is 10.1 Å². The zero-order chi connectivity index (χ0) is 16.1. The summed E-state index contributed by atoms with van der Waals surface area (Å²) in [6, 6.07) is 10.2. The largest absolute Gasteiger partial charge is 0.495 e. The minimum atomic E-state index is -0.330. The van der Waals surface area contributed by atoms with E-state index in [1.165, 1.54) is 13.2 Å². The van der Waals surface area contributed by atoms with E-state index in [9.17, 15) is 4.79 Å². The summed E-state index contributed by atoms with van der Waals surface area (Å²) in [5, 5.41) is 3.98. The molecule has 6 heteroatoms. The van der Waals surface area contributed by atoms with Crippen LogP contribution in [0.5, 0.6) is 5.75 Å². The van der Waals surface area contributed by atoms with Crippen LogP contribution in [0.25, 0.3) is 6.08 Å². The Bertz CT molecular complexity index is 729. The van der Waals surface area contributed by atoms with E-state index in [0.29, 0.717) is 32.1 Å². The van der Waals surface area contributed by atoms with Crippen LogP contribution in [-0.4, -0.2) is 13.0 Å². The van der Waals surface area contributed by atoms with Crippen molar-refractivity contribution in [3.8, 4) is 5.75 Å². The third-order valence-corrected chi connectivity index (χ3v) is 3.77. The molecule has 0 heterocycles. The lowest BCUT2D eigenvalue weighted by Gasteiger charge is -2.06. The van der Waals surface area contributed by atoms with Crippen molar-refractivity contribution in [1.82, 2.24) is 0 Å². The fourth-order valence-electron chi connectivity index (χ4n) is 1.74. The van der Waals surface area contributed by atoms with Crippen molar-refractivity contribution in [2.75, 3.05) is 12.4 Å². The van der Waals surface area contributed by atoms with Gasteiger partial charge in [-0.1, -0.05) is 46.9 Å². The second kappa shape index (κ2) is 7.54. The number of amides is 1. The molecule has 114 valence electrons. The van der Waals surface area contributed by atoms with Crippen molar-refractivity contribution in [3.05, 3.63) is 63.1 Å². The zero-order valence-electron chi connectivity index (χ0n) is 11.6. The Morgan fingerprint density at radius 1 is 1.18 bits per heavy atom. The normalized spacial score (nSPS) is 10.7. The van der Waals surface area contributed by atoms with Crippen molar-refractivity contribution >= 4 is 52.5 Å². The molecular weight excluding hydrogens is 345 g/mol. The summed E-state index contributed by atoms with van der Waals surface area (Å²) in [6.07, 6.45) is 2.97. The SMILES string of the molecule is COc1cccc(/C=C/C(=O)Nc2ccc(Cl)cc2Cl)c1Cl. The number of carbonyl (C=O) groups excluding carboxylic acids is 1. The molecule has 0 atom stereocenters. The predicted molar refractivity (Wildman–Crippen MR) is 92.1 cm³/mol. The minimum Gasteiger partial charge on any atom is -0.495 e. The van der Waals surface area contributed by atoms with Gasteiger partial charge in [-0.15, -0.1) is 0 Å². The van der Waals surface area contributed by atoms with Crippen molar-refractivity contribution in [2.45, 2.75) is 0 Å². The summed E-state index contributed by atoms with van der Waals surface area (Å²) in [5.74, 6) is 0.216. The number of nitrogens with one attached hydrogen (secondary N) is 1. The van der Waals surface area contributed by atoms with Gasteiger partial charge >= 0.3 is 0 Å². The van der Waals surface area contributed by atoms with Gasteiger partial charge in [-0.25, -0.2) is 0 Å². The molecule has 1 amide bonds. The third kappa shape index (κ3) is 4.17. The van der Waals surface area contributed by atoms with Gasteiger partial charge in [0.2, 0.25) is 5.91 Å². The lowest BCUT2D eigenvalue weighted by molar-refractivity contribution is -0.111. The van der Waals surface area contributed by atoms with E-state index in [2.05, 4.69) is 5.32 Å². The van der Waals surface area contributed by atoms with Crippen LogP contribution in [0, 0.1) is 0 Å². The average Bonchev–Trinajstić information content (AvgIpc) is 2.49. The van der Waals surface area contributed by atoms with Crippen molar-refractivity contribution in [1.29, 1.82) is 0 Å². The molecule has 3 nitrogen and oxygen atoms in total. The number of rotatable bonds is 4. The summed E-state index contributed by atoms with van der Waals surface area (Å²) >= 11 is 17.9. The van der Waals surface area contributed by atoms with Gasteiger partial charge in [0.05, 0.1) is 22.8 Å². The molecule has 2 rings (SSSR count). The number of methoxy groups -OCH3 is 1. The molecule has 2 aromatic carbocycles. The van der Waals surface area contributed by atoms with Crippen LogP contribution in [0.3, 0.4) is 0 Å². The van der Waals surface area contributed by atoms with Gasteiger partial charge in [-0.05, 0) is 35.9 Å². The second-order valence-corrected chi connectivity index (χ2v) is 5.53. The maximum absolute atomic E-state index is 11.9. The molecule has 0 fully saturated rings. The average molecular weight is 357 g/mol. The van der Waals surface area contributed by atoms with Gasteiger partial charge in [0, 0.05) is 11.1 Å². The van der Waals surface area contributed by atoms with Crippen LogP contribution in [0.15, 0.2) is 42.5 Å². The summed E-state index contributed by atoms with van der Waals surface area (Å²) < 4.78 is 5.12. The Morgan fingerprint density at radius 2 is 1.95 bits per heavy atom. The molecule has 0 spiro atoms. The number of carbonyl (C=O) groups is 1. The molecular formula is C16H12Cl3NO2. The van der Waals surface area contributed by atoms with Gasteiger partial charge in [0.1, 0.15) is 5.75 Å². The Hall–Kier alpha value is -1.68. The van der Waals surface area contributed by atoms with Gasteiger partial charge in [0.15, 0.2) is 0 Å². The number of hydrogen-bond acceptors (Lipinski definition) is 2. The van der Waals surface area contributed by atoms with Crippen LogP contribution in [0.1, 0.15) is 5.56 Å². The topological polar surface area (TPSA) is 38.3 Å². The Morgan fingerprint density at radius 3 is 2.64 bits per heavy atom. The fourth-order valence-corrected chi connectivity index (χ4v) is 2.47. The predicted octanol–water partition coefficient (Wildman–Crippen LogP) is 5.31. The lowest BCUT2D eigenvalue weighted by Crippen LogP contribution is -2.08. The molecule has 0 saturated carbocycles. The first-order chi connectivity index (χ1) is 10.5. The minimum absolute atomic E-state index is 0.330. The van der Waals surface area contributed by atoms with Crippen LogP contribution >= 0.6 is 34.8 Å². The van der Waals surface area contributed by atoms with E-state index in [1.54, 1.807) is 42.5 Å². The molecule has 1 N–H and O–H groups in total. The van der Waals surface area contributed by atoms with E-state index < -0.39 is 0 Å². The van der Waals surface area contributed by atoms with Gasteiger partial charge in [-0.2, -0.15) is 0 Å². The molecule has 0 unspecified atom stereocenters. The maximum atomic E-state index is 11.9. The zero-order valence-corrected chi connectivity index (χ0v) is 13.8. The monoisotopic (exact) mass is 355 g/mol. The van der Waals surface area contributed by atoms with Crippen molar-refractivity contribution in [3.63, 3.8) is 0 Å². The van der Waals surface area contributed by atoms with Crippen LogP contribution in [0.2, 0.25) is 15.1 Å². The first kappa shape index (κ1) is 16.7. The van der Waals surface area contributed by atoms with E-state index in [4.69, 9.17) is 39.5 Å². The molecule has 22 heavy (non-hydrogen) atoms. The Labute approximate surface area is 143 Å². The third-order valence-electron chi connectivity index (χ3n) is 2.82. The highest BCUT2D eigenvalue weighted by Crippen LogP contribution is 2.29. The highest BCUT2D eigenvalue weighted by molar-refractivity contribution is 6.37. The van der Waals surface area contributed by atoms with Gasteiger partial charge < -0.3 is 10.1 Å². The standard InChI is InChI=1S/C16H12Cl3NO2/c1-22-14-4-2-3-10(16(14)19)5-8-15(21)20-13-7-6-11(17)9-12(13)18/h2-9H,1H3,(H,20,21)/b8-5+. The number of halogens is 3.